The van der Waals surface area contributed by atoms with Gasteiger partial charge in [-0.05, 0) is 45.6 Å². The fourth-order valence-corrected chi connectivity index (χ4v) is 2.73. The van der Waals surface area contributed by atoms with Crippen LogP contribution >= 0.6 is 0 Å². The fraction of sp³-hybridized carbons (Fsp3) is 0.647. The van der Waals surface area contributed by atoms with Crippen molar-refractivity contribution >= 4 is 22.1 Å². The number of hydrogen-bond donors (Lipinski definition) is 1. The van der Waals surface area contributed by atoms with Crippen molar-refractivity contribution in [2.75, 3.05) is 19.5 Å². The Morgan fingerprint density at radius 1 is 1.19 bits per heavy atom. The molecule has 9 heteroatoms. The lowest BCUT2D eigenvalue weighted by Gasteiger charge is -2.10. The molecule has 1 aromatic heterocycles. The number of hydrogen-bond acceptors (Lipinski definition) is 7. The van der Waals surface area contributed by atoms with Crippen LogP contribution in [0.3, 0.4) is 0 Å². The number of H-pyrrole nitrogens is 1. The zero-order valence-electron chi connectivity index (χ0n) is 15.9. The van der Waals surface area contributed by atoms with Crippen molar-refractivity contribution in [2.24, 2.45) is 0 Å². The average molecular weight is 389 g/mol. The Kier molecular flexibility index (Phi) is 8.29. The van der Waals surface area contributed by atoms with Gasteiger partial charge in [-0.3, -0.25) is 4.18 Å². The van der Waals surface area contributed by atoms with Crippen LogP contribution < -0.4 is 0 Å². The van der Waals surface area contributed by atoms with Crippen LogP contribution in [0.15, 0.2) is 0 Å². The summed E-state index contributed by atoms with van der Waals surface area (Å²) in [7, 11) is -3.52. The molecule has 1 N–H and O–H groups in total. The van der Waals surface area contributed by atoms with E-state index < -0.39 is 22.1 Å². The van der Waals surface area contributed by atoms with Crippen molar-refractivity contribution in [3.63, 3.8) is 0 Å². The summed E-state index contributed by atoms with van der Waals surface area (Å²) in [6, 6.07) is 0. The molecule has 0 saturated heterocycles. The van der Waals surface area contributed by atoms with E-state index in [1.165, 1.54) is 0 Å². The quantitative estimate of drug-likeness (QED) is 0.371. The minimum atomic E-state index is -3.52. The van der Waals surface area contributed by atoms with Crippen molar-refractivity contribution in [3.05, 3.63) is 22.5 Å². The summed E-state index contributed by atoms with van der Waals surface area (Å²) in [6.07, 6.45) is 2.06. The Morgan fingerprint density at radius 3 is 2.38 bits per heavy atom. The van der Waals surface area contributed by atoms with Crippen LogP contribution in [0.1, 0.15) is 65.7 Å². The molecule has 0 amide bonds. The third-order valence-electron chi connectivity index (χ3n) is 3.76. The fourth-order valence-electron chi connectivity index (χ4n) is 2.31. The van der Waals surface area contributed by atoms with Crippen LogP contribution in [0.4, 0.5) is 0 Å². The molecule has 0 aromatic carbocycles. The maximum Gasteiger partial charge on any atom is 0.355 e. The molecule has 1 unspecified atom stereocenters. The van der Waals surface area contributed by atoms with Crippen molar-refractivity contribution < 1.29 is 31.7 Å². The van der Waals surface area contributed by atoms with Crippen molar-refractivity contribution in [1.29, 1.82) is 0 Å². The first-order chi connectivity index (χ1) is 12.1. The summed E-state index contributed by atoms with van der Waals surface area (Å²) in [5.74, 6) is -1.08. The summed E-state index contributed by atoms with van der Waals surface area (Å²) in [5.41, 5.74) is 1.43. The van der Waals surface area contributed by atoms with Crippen LogP contribution in [0, 0.1) is 6.92 Å². The Balaban J connectivity index is 3.04. The molecule has 0 saturated carbocycles. The maximum atomic E-state index is 12.3. The van der Waals surface area contributed by atoms with Gasteiger partial charge in [-0.25, -0.2) is 9.59 Å². The van der Waals surface area contributed by atoms with Gasteiger partial charge in [0.05, 0.1) is 31.1 Å². The SMILES string of the molecule is CCOC(=O)c1c(CCCOS(C)(=O)=O)[nH]c(C(=O)OC(C)CC)c1C. The molecule has 148 valence electrons. The molecule has 0 bridgehead atoms. The van der Waals surface area contributed by atoms with E-state index in [9.17, 15) is 18.0 Å². The van der Waals surface area contributed by atoms with Gasteiger partial charge in [0.25, 0.3) is 10.1 Å². The zero-order valence-corrected chi connectivity index (χ0v) is 16.7. The second-order valence-electron chi connectivity index (χ2n) is 5.95. The largest absolute Gasteiger partial charge is 0.462 e. The Labute approximate surface area is 154 Å². The van der Waals surface area contributed by atoms with Gasteiger partial charge in [-0.2, -0.15) is 8.42 Å². The first kappa shape index (κ1) is 22.2. The number of aromatic amines is 1. The minimum absolute atomic E-state index is 0.0220. The highest BCUT2D eigenvalue weighted by atomic mass is 32.2. The molecule has 1 aromatic rings. The molecule has 1 atom stereocenters. The Bertz CT molecular complexity index is 737. The highest BCUT2D eigenvalue weighted by molar-refractivity contribution is 7.85. The smallest absolute Gasteiger partial charge is 0.355 e. The summed E-state index contributed by atoms with van der Waals surface area (Å²) in [6.45, 7) is 7.20. The van der Waals surface area contributed by atoms with Crippen molar-refractivity contribution in [1.82, 2.24) is 4.98 Å². The number of esters is 2. The number of ether oxygens (including phenoxy) is 2. The molecule has 1 heterocycles. The van der Waals surface area contributed by atoms with Gasteiger partial charge >= 0.3 is 11.9 Å². The molecule has 0 aliphatic rings. The van der Waals surface area contributed by atoms with E-state index in [0.717, 1.165) is 6.26 Å². The topological polar surface area (TPSA) is 112 Å². The summed E-state index contributed by atoms with van der Waals surface area (Å²) in [4.78, 5) is 27.5. The number of aryl methyl sites for hydroxylation is 1. The molecule has 0 spiro atoms. The van der Waals surface area contributed by atoms with Crippen LogP contribution in [-0.4, -0.2) is 50.9 Å². The zero-order chi connectivity index (χ0) is 19.9. The van der Waals surface area contributed by atoms with E-state index in [1.807, 2.05) is 6.92 Å². The highest BCUT2D eigenvalue weighted by Gasteiger charge is 2.26. The number of carbonyl (C=O) groups is 2. The maximum absolute atomic E-state index is 12.3. The lowest BCUT2D eigenvalue weighted by molar-refractivity contribution is 0.0327. The monoisotopic (exact) mass is 389 g/mol. The van der Waals surface area contributed by atoms with Gasteiger partial charge in [0.15, 0.2) is 0 Å². The summed E-state index contributed by atoms with van der Waals surface area (Å²) in [5, 5.41) is 0. The lowest BCUT2D eigenvalue weighted by atomic mass is 10.1. The van der Waals surface area contributed by atoms with Crippen molar-refractivity contribution in [2.45, 2.75) is 53.1 Å². The van der Waals surface area contributed by atoms with Gasteiger partial charge < -0.3 is 14.5 Å². The molecule has 0 aliphatic heterocycles. The van der Waals surface area contributed by atoms with Crippen LogP contribution in [0.25, 0.3) is 0 Å². The number of carbonyl (C=O) groups excluding carboxylic acids is 2. The van der Waals surface area contributed by atoms with Gasteiger partial charge in [0.1, 0.15) is 5.69 Å². The number of rotatable bonds is 10. The minimum Gasteiger partial charge on any atom is -0.462 e. The molecular formula is C17H27NO7S. The molecule has 0 fully saturated rings. The first-order valence-electron chi connectivity index (χ1n) is 8.54. The van der Waals surface area contributed by atoms with E-state index in [2.05, 4.69) is 4.98 Å². The molecule has 0 aliphatic carbocycles. The second kappa shape index (κ2) is 9.72. The summed E-state index contributed by atoms with van der Waals surface area (Å²) >= 11 is 0. The third-order valence-corrected chi connectivity index (χ3v) is 4.36. The summed E-state index contributed by atoms with van der Waals surface area (Å²) < 4.78 is 37.1. The Morgan fingerprint density at radius 2 is 1.85 bits per heavy atom. The highest BCUT2D eigenvalue weighted by Crippen LogP contribution is 2.22. The average Bonchev–Trinajstić information content (AvgIpc) is 2.87. The molecule has 1 rings (SSSR count). The standard InChI is InChI=1S/C17H27NO7S/c1-6-11(3)25-17(20)15-12(4)14(16(19)23-7-2)13(18-15)9-8-10-24-26(5,21)22/h11,18H,6-10H2,1-5H3. The van der Waals surface area contributed by atoms with Crippen LogP contribution in [-0.2, 0) is 30.2 Å². The van der Waals surface area contributed by atoms with Crippen molar-refractivity contribution in [3.8, 4) is 0 Å². The van der Waals surface area contributed by atoms with E-state index in [-0.39, 0.29) is 30.6 Å². The van der Waals surface area contributed by atoms with Gasteiger partial charge in [-0.15, -0.1) is 0 Å². The van der Waals surface area contributed by atoms with Crippen LogP contribution in [0.5, 0.6) is 0 Å². The normalized spacial score (nSPS) is 12.7. The van der Waals surface area contributed by atoms with Gasteiger partial charge in [-0.1, -0.05) is 6.92 Å². The third kappa shape index (κ3) is 6.45. The first-order valence-corrected chi connectivity index (χ1v) is 10.4. The Hall–Kier alpha value is -1.87. The van der Waals surface area contributed by atoms with E-state index in [1.54, 1.807) is 20.8 Å². The molecule has 0 radical (unpaired) electrons. The molecular weight excluding hydrogens is 362 g/mol. The second-order valence-corrected chi connectivity index (χ2v) is 7.60. The lowest BCUT2D eigenvalue weighted by Crippen LogP contribution is -2.15. The van der Waals surface area contributed by atoms with E-state index >= 15 is 0 Å². The van der Waals surface area contributed by atoms with Gasteiger partial charge in [0.2, 0.25) is 0 Å². The van der Waals surface area contributed by atoms with Gasteiger partial charge in [0, 0.05) is 5.69 Å². The van der Waals surface area contributed by atoms with E-state index in [0.29, 0.717) is 30.5 Å². The predicted octanol–water partition coefficient (Wildman–Crippen LogP) is 2.36. The van der Waals surface area contributed by atoms with Crippen LogP contribution in [0.2, 0.25) is 0 Å². The number of nitrogens with one attached hydrogen (secondary N) is 1. The number of aromatic nitrogens is 1. The predicted molar refractivity (Wildman–Crippen MR) is 95.8 cm³/mol. The van der Waals surface area contributed by atoms with E-state index in [4.69, 9.17) is 13.7 Å². The molecule has 8 nitrogen and oxygen atoms in total. The molecule has 26 heavy (non-hydrogen) atoms.